The van der Waals surface area contributed by atoms with Gasteiger partial charge in [-0.25, -0.2) is 0 Å². The van der Waals surface area contributed by atoms with Crippen molar-refractivity contribution in [1.82, 2.24) is 9.13 Å². The normalized spacial score (nSPS) is 11.2. The number of alkyl halides is 3. The first kappa shape index (κ1) is 40.2. The van der Waals surface area contributed by atoms with Crippen LogP contribution in [0, 0.1) is 68.0 Å². The summed E-state index contributed by atoms with van der Waals surface area (Å²) < 4.78 is 49.0. The molecule has 0 aliphatic heterocycles. The van der Waals surface area contributed by atoms with Gasteiger partial charge in [0.1, 0.15) is 0 Å². The third-order valence-electron chi connectivity index (χ3n) is 11.9. The van der Waals surface area contributed by atoms with Gasteiger partial charge < -0.3 is 9.13 Å². The van der Waals surface area contributed by atoms with Gasteiger partial charge in [-0.2, -0.15) is 44.7 Å². The quantitative estimate of drug-likeness (QED) is 0.168. The summed E-state index contributed by atoms with van der Waals surface area (Å²) in [5, 5.41) is 63.2. The zero-order chi connectivity index (χ0) is 45.9. The van der Waals surface area contributed by atoms with Crippen LogP contribution in [-0.4, -0.2) is 9.13 Å². The summed E-state index contributed by atoms with van der Waals surface area (Å²) in [5.41, 5.74) is 5.68. The molecule has 66 heavy (non-hydrogen) atoms. The predicted octanol–water partition coefficient (Wildman–Crippen LogP) is 13.1. The van der Waals surface area contributed by atoms with Crippen LogP contribution in [-0.2, 0) is 6.18 Å². The smallest absolute Gasteiger partial charge is 0.307 e. The van der Waals surface area contributed by atoms with Gasteiger partial charge in [0.2, 0.25) is 0 Å². The predicted molar refractivity (Wildman–Crippen MR) is 245 cm³/mol. The van der Waals surface area contributed by atoms with Crippen molar-refractivity contribution in [2.24, 2.45) is 0 Å². The van der Waals surface area contributed by atoms with Crippen LogP contribution in [0.5, 0.6) is 0 Å². The number of nitrogens with zero attached hydrogens (tertiary/aromatic N) is 8. The Hall–Kier alpha value is -9.91. The summed E-state index contributed by atoms with van der Waals surface area (Å²) >= 11 is 0. The molecule has 0 aliphatic carbocycles. The van der Waals surface area contributed by atoms with Crippen molar-refractivity contribution in [2.75, 3.05) is 0 Å². The van der Waals surface area contributed by atoms with Crippen LogP contribution >= 0.6 is 0 Å². The highest BCUT2D eigenvalue weighted by Gasteiger charge is 2.35. The number of aromatic nitrogens is 2. The van der Waals surface area contributed by atoms with Gasteiger partial charge >= 0.3 is 6.18 Å². The molecular formula is C55H25F3N8. The third-order valence-corrected chi connectivity index (χ3v) is 11.9. The van der Waals surface area contributed by atoms with E-state index in [-0.39, 0.29) is 22.3 Å². The van der Waals surface area contributed by atoms with Crippen molar-refractivity contribution >= 4 is 43.6 Å². The SMILES string of the molecule is N#Cc1cc(C#N)cc(-c2ccc3c4ccccc4n(-c4cc(C#N)c(-c5ccc(C#N)cc5C(F)(F)F)cc4-n4c5ccccc5c5ccc(-c6cc(C#N)cc(C#N)c6)cc54)c3c2)c1. The van der Waals surface area contributed by atoms with Gasteiger partial charge in [0.05, 0.1) is 109 Å². The van der Waals surface area contributed by atoms with Gasteiger partial charge in [0.25, 0.3) is 0 Å². The summed E-state index contributed by atoms with van der Waals surface area (Å²) in [6.07, 6.45) is -4.90. The molecule has 0 amide bonds. The molecule has 0 fully saturated rings. The van der Waals surface area contributed by atoms with Gasteiger partial charge in [0, 0.05) is 27.1 Å². The Bertz CT molecular complexity index is 3950. The molecule has 2 heterocycles. The molecule has 2 aromatic heterocycles. The number of halogens is 3. The van der Waals surface area contributed by atoms with Crippen LogP contribution in [0.15, 0.2) is 152 Å². The largest absolute Gasteiger partial charge is 0.417 e. The fraction of sp³-hybridized carbons (Fsp3) is 0.0182. The van der Waals surface area contributed by atoms with Gasteiger partial charge in [0.15, 0.2) is 0 Å². The average molecular weight is 855 g/mol. The molecule has 10 rings (SSSR count). The molecule has 10 aromatic rings. The van der Waals surface area contributed by atoms with Crippen LogP contribution in [0.4, 0.5) is 13.2 Å². The van der Waals surface area contributed by atoms with Crippen LogP contribution in [0.1, 0.15) is 38.9 Å². The van der Waals surface area contributed by atoms with Crippen LogP contribution in [0.3, 0.4) is 0 Å². The Morgan fingerprint density at radius 3 is 1.23 bits per heavy atom. The van der Waals surface area contributed by atoms with Crippen molar-refractivity contribution < 1.29 is 13.2 Å². The Labute approximate surface area is 374 Å². The maximum Gasteiger partial charge on any atom is 0.417 e. The lowest BCUT2D eigenvalue weighted by atomic mass is 9.92. The lowest BCUT2D eigenvalue weighted by molar-refractivity contribution is -0.137. The van der Waals surface area contributed by atoms with Crippen LogP contribution in [0.25, 0.3) is 88.4 Å². The highest BCUT2D eigenvalue weighted by Crippen LogP contribution is 2.45. The van der Waals surface area contributed by atoms with Crippen molar-refractivity contribution in [3.05, 3.63) is 191 Å². The minimum absolute atomic E-state index is 0.0191. The number of nitriles is 6. The van der Waals surface area contributed by atoms with Crippen molar-refractivity contribution in [1.29, 1.82) is 31.6 Å². The molecule has 0 aliphatic rings. The second-order valence-corrected chi connectivity index (χ2v) is 15.6. The maximum atomic E-state index is 15.0. The van der Waals surface area contributed by atoms with E-state index in [9.17, 15) is 31.6 Å². The first-order valence-electron chi connectivity index (χ1n) is 20.2. The Morgan fingerprint density at radius 1 is 0.348 bits per heavy atom. The Kier molecular flexibility index (Phi) is 9.41. The molecule has 0 saturated heterocycles. The van der Waals surface area contributed by atoms with E-state index in [1.165, 1.54) is 24.3 Å². The summed E-state index contributed by atoms with van der Waals surface area (Å²) in [5.74, 6) is 0. The number of benzene rings is 8. The zero-order valence-electron chi connectivity index (χ0n) is 34.1. The standard InChI is InChI=1S/C55H25F3N8/c56-55(57,58)48-21-32(26-59)9-12-42(48)47-25-54(66-50-8-4-2-6-44(50)46-14-11-38(23-52(46)66)40-19-35(29-62)16-36(20-40)30-63)53(24-41(47)31-64)65-49-7-3-1-5-43(49)45-13-10-37(22-51(45)65)39-17-33(27-60)15-34(18-39)28-61/h1-25H. The molecule has 0 unspecified atom stereocenters. The van der Waals surface area contributed by atoms with E-state index in [1.54, 1.807) is 42.5 Å². The second-order valence-electron chi connectivity index (χ2n) is 15.6. The van der Waals surface area contributed by atoms with E-state index in [1.807, 2.05) is 94.1 Å². The second kappa shape index (κ2) is 15.5. The molecular weight excluding hydrogens is 830 g/mol. The number of hydrogen-bond acceptors (Lipinski definition) is 6. The number of para-hydroxylation sites is 2. The molecule has 8 aromatic carbocycles. The van der Waals surface area contributed by atoms with E-state index < -0.39 is 11.7 Å². The third kappa shape index (κ3) is 6.51. The van der Waals surface area contributed by atoms with Crippen molar-refractivity contribution in [2.45, 2.75) is 6.18 Å². The monoisotopic (exact) mass is 854 g/mol. The van der Waals surface area contributed by atoms with Crippen molar-refractivity contribution in [3.63, 3.8) is 0 Å². The average Bonchev–Trinajstić information content (AvgIpc) is 3.87. The number of fused-ring (bicyclic) bond motifs is 6. The van der Waals surface area contributed by atoms with Crippen LogP contribution < -0.4 is 0 Å². The molecule has 0 atom stereocenters. The summed E-state index contributed by atoms with van der Waals surface area (Å²) in [6.45, 7) is 0. The van der Waals surface area contributed by atoms with E-state index in [0.717, 1.165) is 33.1 Å². The molecule has 11 heteroatoms. The lowest BCUT2D eigenvalue weighted by Crippen LogP contribution is -2.10. The first-order chi connectivity index (χ1) is 32.0. The summed E-state index contributed by atoms with van der Waals surface area (Å²) in [6, 6.07) is 55.5. The lowest BCUT2D eigenvalue weighted by Gasteiger charge is -2.21. The molecule has 0 bridgehead atoms. The van der Waals surface area contributed by atoms with E-state index in [0.29, 0.717) is 72.4 Å². The zero-order valence-corrected chi connectivity index (χ0v) is 34.1. The van der Waals surface area contributed by atoms with Gasteiger partial charge in [-0.1, -0.05) is 66.7 Å². The Balaban J connectivity index is 1.37. The maximum absolute atomic E-state index is 15.0. The molecule has 0 saturated carbocycles. The molecule has 0 spiro atoms. The van der Waals surface area contributed by atoms with Gasteiger partial charge in [-0.15, -0.1) is 0 Å². The molecule has 8 nitrogen and oxygen atoms in total. The highest BCUT2D eigenvalue weighted by molar-refractivity contribution is 6.13. The van der Waals surface area contributed by atoms with Gasteiger partial charge in [-0.3, -0.25) is 0 Å². The molecule has 0 radical (unpaired) electrons. The van der Waals surface area contributed by atoms with E-state index in [4.69, 9.17) is 0 Å². The fourth-order valence-electron chi connectivity index (χ4n) is 9.00. The fourth-order valence-corrected chi connectivity index (χ4v) is 9.00. The number of rotatable bonds is 5. The van der Waals surface area contributed by atoms with Crippen LogP contribution in [0.2, 0.25) is 0 Å². The molecule has 306 valence electrons. The van der Waals surface area contributed by atoms with Crippen molar-refractivity contribution in [3.8, 4) is 81.2 Å². The topological polar surface area (TPSA) is 153 Å². The van der Waals surface area contributed by atoms with Gasteiger partial charge in [-0.05, 0) is 113 Å². The highest BCUT2D eigenvalue weighted by atomic mass is 19.4. The Morgan fingerprint density at radius 2 is 0.788 bits per heavy atom. The van der Waals surface area contributed by atoms with E-state index >= 15 is 13.2 Å². The minimum Gasteiger partial charge on any atom is -0.307 e. The summed E-state index contributed by atoms with van der Waals surface area (Å²) in [7, 11) is 0. The minimum atomic E-state index is -4.90. The first-order valence-corrected chi connectivity index (χ1v) is 20.2. The summed E-state index contributed by atoms with van der Waals surface area (Å²) in [4.78, 5) is 0. The number of hydrogen-bond donors (Lipinski definition) is 0. The van der Waals surface area contributed by atoms with E-state index in [2.05, 4.69) is 30.3 Å². The molecule has 0 N–H and O–H groups in total.